The molecule has 230 valence electrons. The topological polar surface area (TPSA) is 18.8 Å². The molecule has 0 bridgehead atoms. The van der Waals surface area contributed by atoms with Crippen LogP contribution in [0.25, 0.3) is 22.3 Å². The molecule has 3 nitrogen and oxygen atoms in total. The quantitative estimate of drug-likeness (QED) is 0.182. The van der Waals surface area contributed by atoms with Gasteiger partial charge >= 0.3 is 0 Å². The molecule has 0 saturated heterocycles. The minimum Gasteiger partial charge on any atom is -0.300 e. The van der Waals surface area contributed by atoms with Crippen LogP contribution in [0.1, 0.15) is 24.9 Å². The molecule has 0 N–H and O–H groups in total. The van der Waals surface area contributed by atoms with Gasteiger partial charge in [-0.05, 0) is 100 Å². The van der Waals surface area contributed by atoms with Crippen molar-refractivity contribution in [1.29, 1.82) is 0 Å². The second-order valence-electron chi connectivity index (χ2n) is 13.0. The lowest BCUT2D eigenvalue weighted by Crippen LogP contribution is -2.56. The molecule has 3 heterocycles. The summed E-state index contributed by atoms with van der Waals surface area (Å²) in [5.41, 5.74) is 8.48. The monoisotopic (exact) mass is 649 g/mol. The molecular weight excluding hydrogens is 607 g/mol. The summed E-state index contributed by atoms with van der Waals surface area (Å²) in [7, 11) is -3.19. The van der Waals surface area contributed by atoms with Gasteiger partial charge in [-0.2, -0.15) is 0 Å². The van der Waals surface area contributed by atoms with Crippen molar-refractivity contribution in [3.63, 3.8) is 0 Å². The third-order valence-corrected chi connectivity index (χ3v) is 14.6. The minimum atomic E-state index is -3.19. The summed E-state index contributed by atoms with van der Waals surface area (Å²) < 4.78 is 52.4. The number of benzene rings is 5. The number of hydrogen-bond acceptors (Lipinski definition) is 4. The molecule has 4 aliphatic rings. The normalized spacial score (nSPS) is 24.0. The molecule has 3 atom stereocenters. The van der Waals surface area contributed by atoms with E-state index in [4.69, 9.17) is 13.2 Å². The van der Waals surface area contributed by atoms with Gasteiger partial charge in [-0.15, -0.1) is 0 Å². The van der Waals surface area contributed by atoms with Crippen LogP contribution in [-0.4, -0.2) is 26.1 Å². The van der Waals surface area contributed by atoms with Crippen molar-refractivity contribution >= 4 is 53.2 Å². The summed E-state index contributed by atoms with van der Waals surface area (Å²) in [5.74, 6) is 0.886. The van der Waals surface area contributed by atoms with E-state index in [1.807, 2.05) is 87.1 Å². The average Bonchev–Trinajstić information content (AvgIpc) is 3.65. The third kappa shape index (κ3) is 4.22. The van der Waals surface area contributed by atoms with Crippen molar-refractivity contribution in [2.45, 2.75) is 55.6 Å². The molecule has 3 aliphatic heterocycles. The van der Waals surface area contributed by atoms with Crippen LogP contribution < -0.4 is 20.2 Å². The van der Waals surface area contributed by atoms with Gasteiger partial charge in [-0.1, -0.05) is 116 Å². The summed E-state index contributed by atoms with van der Waals surface area (Å²) in [6.45, 7) is 1.42. The van der Waals surface area contributed by atoms with E-state index in [0.717, 1.165) is 71.0 Å². The predicted octanol–water partition coefficient (Wildman–Crippen LogP) is 9.42. The highest BCUT2D eigenvalue weighted by atomic mass is 32.2. The first-order chi connectivity index (χ1) is 25.3. The molecule has 47 heavy (non-hydrogen) atoms. The number of allylic oxidation sites excluding steroid dienone is 2. The second-order valence-corrected chi connectivity index (χ2v) is 17.4. The zero-order valence-electron chi connectivity index (χ0n) is 32.5. The van der Waals surface area contributed by atoms with Gasteiger partial charge in [0.1, 0.15) is 8.07 Å². The number of aryl methyl sites for hydroxylation is 3. The fourth-order valence-corrected chi connectivity index (χ4v) is 12.6. The first kappa shape index (κ1) is 22.9. The zero-order valence-corrected chi connectivity index (χ0v) is 28.3. The SMILES string of the molecule is [2H]C([2H])([2H])c1cc(-c2cccc3c2Sc2ccccc2[Si]3(C)C([2H])([2H])[2H])c(C)cc1-c1ccc(N2C3=NC4C=CC=CC4N3c3ccccc32)cc1C. The zero-order chi connectivity index (χ0) is 37.0. The molecule has 5 heteroatoms. The van der Waals surface area contributed by atoms with Gasteiger partial charge in [0.05, 0.1) is 23.5 Å². The molecule has 9 rings (SSSR count). The van der Waals surface area contributed by atoms with Crippen molar-refractivity contribution in [3.05, 3.63) is 138 Å². The molecule has 0 radical (unpaired) electrons. The Kier molecular flexibility index (Phi) is 5.09. The van der Waals surface area contributed by atoms with E-state index < -0.39 is 21.4 Å². The molecule has 0 spiro atoms. The highest BCUT2D eigenvalue weighted by Crippen LogP contribution is 2.48. The van der Waals surface area contributed by atoms with Crippen LogP contribution in [0, 0.1) is 20.7 Å². The Balaban J connectivity index is 1.16. The molecule has 3 unspecified atom stereocenters. The van der Waals surface area contributed by atoms with E-state index in [1.165, 1.54) is 0 Å². The van der Waals surface area contributed by atoms with Gasteiger partial charge in [0.15, 0.2) is 0 Å². The van der Waals surface area contributed by atoms with Crippen molar-refractivity contribution < 1.29 is 8.22 Å². The maximum Gasteiger partial charge on any atom is 0.211 e. The minimum absolute atomic E-state index is 0.0440. The summed E-state index contributed by atoms with van der Waals surface area (Å²) in [6.07, 6.45) is 8.48. The van der Waals surface area contributed by atoms with E-state index in [-0.39, 0.29) is 17.6 Å². The number of fused-ring (bicyclic) bond motifs is 7. The molecule has 0 fully saturated rings. The van der Waals surface area contributed by atoms with Gasteiger partial charge in [0, 0.05) is 23.7 Å². The Labute approximate surface area is 291 Å². The van der Waals surface area contributed by atoms with E-state index >= 15 is 0 Å². The standard InChI is InChI=1S/C42H37N3SSi/c1-26-23-29(44-36-16-8-9-17-37(36)45-35-15-7-6-14-34(35)43-42(44)45)21-22-30(26)32-24-28(3)33(25-27(32)2)31-13-12-20-40-41(31)46-38-18-10-11-19-39(38)47(40,4)5/h6-25,34-35H,1-5H3/i2D3,4D3. The number of hydrogen-bond donors (Lipinski definition) is 0. The van der Waals surface area contributed by atoms with E-state index in [0.29, 0.717) is 5.56 Å². The van der Waals surface area contributed by atoms with Crippen molar-refractivity contribution in [2.24, 2.45) is 4.99 Å². The van der Waals surface area contributed by atoms with E-state index in [1.54, 1.807) is 11.8 Å². The summed E-state index contributed by atoms with van der Waals surface area (Å²) in [6, 6.07) is 32.3. The number of para-hydroxylation sites is 2. The van der Waals surface area contributed by atoms with Crippen LogP contribution >= 0.6 is 11.8 Å². The largest absolute Gasteiger partial charge is 0.300 e. The van der Waals surface area contributed by atoms with Crippen molar-refractivity contribution in [1.82, 2.24) is 0 Å². The molecule has 5 aromatic rings. The summed E-state index contributed by atoms with van der Waals surface area (Å²) in [5, 5.41) is 1.78. The maximum absolute atomic E-state index is 8.73. The molecule has 1 aliphatic carbocycles. The maximum atomic E-state index is 8.73. The summed E-state index contributed by atoms with van der Waals surface area (Å²) >= 11 is 1.59. The number of guanidine groups is 1. The second kappa shape index (κ2) is 10.5. The van der Waals surface area contributed by atoms with Gasteiger partial charge < -0.3 is 4.90 Å². The first-order valence-electron chi connectivity index (χ1n) is 19.1. The van der Waals surface area contributed by atoms with Gasteiger partial charge in [0.25, 0.3) is 0 Å². The highest BCUT2D eigenvalue weighted by Gasteiger charge is 2.44. The Morgan fingerprint density at radius 3 is 2.32 bits per heavy atom. The van der Waals surface area contributed by atoms with E-state index in [9.17, 15) is 0 Å². The van der Waals surface area contributed by atoms with Crippen LogP contribution in [0.15, 0.2) is 136 Å². The molecular formula is C42H37N3SSi. The van der Waals surface area contributed by atoms with Gasteiger partial charge in [0.2, 0.25) is 5.96 Å². The smallest absolute Gasteiger partial charge is 0.211 e. The number of anilines is 3. The molecule has 0 amide bonds. The summed E-state index contributed by atoms with van der Waals surface area (Å²) in [4.78, 5) is 11.5. The predicted molar refractivity (Wildman–Crippen MR) is 203 cm³/mol. The lowest BCUT2D eigenvalue weighted by Gasteiger charge is -2.34. The number of aliphatic imine (C=N–C) groups is 1. The lowest BCUT2D eigenvalue weighted by atomic mass is 9.90. The average molecular weight is 650 g/mol. The Bertz CT molecular complexity index is 2450. The number of rotatable bonds is 3. The van der Waals surface area contributed by atoms with Crippen LogP contribution in [-0.2, 0) is 0 Å². The first-order valence-corrected chi connectivity index (χ1v) is 19.4. The van der Waals surface area contributed by atoms with Crippen molar-refractivity contribution in [2.75, 3.05) is 9.80 Å². The third-order valence-electron chi connectivity index (χ3n) is 10.0. The van der Waals surface area contributed by atoms with Crippen LogP contribution in [0.2, 0.25) is 13.0 Å². The Morgan fingerprint density at radius 1 is 0.723 bits per heavy atom. The fraction of sp³-hybridized carbons (Fsp3) is 0.167. The number of nitrogens with zero attached hydrogens (tertiary/aromatic N) is 3. The molecule has 0 saturated carbocycles. The molecule has 0 aromatic heterocycles. The Hall–Kier alpha value is -4.58. The van der Waals surface area contributed by atoms with Crippen LogP contribution in [0.3, 0.4) is 0 Å². The highest BCUT2D eigenvalue weighted by molar-refractivity contribution is 8.00. The molecule has 5 aromatic carbocycles. The van der Waals surface area contributed by atoms with Crippen molar-refractivity contribution in [3.8, 4) is 22.3 Å². The Morgan fingerprint density at radius 2 is 1.47 bits per heavy atom. The van der Waals surface area contributed by atoms with Crippen LogP contribution in [0.5, 0.6) is 0 Å². The van der Waals surface area contributed by atoms with Gasteiger partial charge in [-0.25, -0.2) is 4.99 Å². The van der Waals surface area contributed by atoms with E-state index in [2.05, 4.69) is 64.4 Å². The van der Waals surface area contributed by atoms with Gasteiger partial charge in [-0.3, -0.25) is 4.90 Å². The van der Waals surface area contributed by atoms with Crippen LogP contribution in [0.4, 0.5) is 17.1 Å². The fourth-order valence-electron chi connectivity index (χ4n) is 7.71. The lowest BCUT2D eigenvalue weighted by molar-refractivity contribution is 0.741.